The van der Waals surface area contributed by atoms with E-state index >= 15 is 0 Å². The number of nitrogens with two attached hydrogens (primary N) is 1. The minimum absolute atomic E-state index is 0.0698. The SMILES string of the molecule is CCCC[C@@H]1CN(C(=O)c2coc(CN)n2)C[C@H](C(C)C)O1. The van der Waals surface area contributed by atoms with Crippen molar-refractivity contribution in [3.05, 3.63) is 17.8 Å². The number of oxazole rings is 1. The van der Waals surface area contributed by atoms with Gasteiger partial charge < -0.3 is 19.8 Å². The molecule has 124 valence electrons. The number of carbonyl (C=O) groups excluding carboxylic acids is 1. The lowest BCUT2D eigenvalue weighted by Gasteiger charge is -2.39. The standard InChI is InChI=1S/C16H27N3O3/c1-4-5-6-12-8-19(9-14(22-12)11(2)3)16(20)13-10-21-15(7-17)18-13/h10-12,14H,4-9,17H2,1-3H3/t12-,14-/m1/s1. The number of hydrogen-bond donors (Lipinski definition) is 1. The molecule has 1 aromatic rings. The van der Waals surface area contributed by atoms with Crippen molar-refractivity contribution >= 4 is 5.91 Å². The van der Waals surface area contributed by atoms with Crippen molar-refractivity contribution in [2.45, 2.75) is 58.8 Å². The van der Waals surface area contributed by atoms with Crippen LogP contribution in [0.25, 0.3) is 0 Å². The summed E-state index contributed by atoms with van der Waals surface area (Å²) in [5, 5.41) is 0. The number of hydrogen-bond acceptors (Lipinski definition) is 5. The van der Waals surface area contributed by atoms with Gasteiger partial charge >= 0.3 is 0 Å². The first kappa shape index (κ1) is 17.0. The number of carbonyl (C=O) groups is 1. The molecule has 1 aliphatic rings. The van der Waals surface area contributed by atoms with E-state index in [-0.39, 0.29) is 24.7 Å². The maximum atomic E-state index is 12.6. The van der Waals surface area contributed by atoms with Crippen molar-refractivity contribution in [1.29, 1.82) is 0 Å². The average molecular weight is 309 g/mol. The van der Waals surface area contributed by atoms with E-state index in [9.17, 15) is 4.79 Å². The summed E-state index contributed by atoms with van der Waals surface area (Å²) >= 11 is 0. The van der Waals surface area contributed by atoms with Gasteiger partial charge in [-0.05, 0) is 12.3 Å². The molecule has 2 heterocycles. The molecular formula is C16H27N3O3. The van der Waals surface area contributed by atoms with Crippen LogP contribution in [0.3, 0.4) is 0 Å². The molecule has 0 aromatic carbocycles. The van der Waals surface area contributed by atoms with Gasteiger partial charge in [-0.1, -0.05) is 33.6 Å². The van der Waals surface area contributed by atoms with Gasteiger partial charge in [-0.3, -0.25) is 4.79 Å². The molecule has 2 rings (SSSR count). The first-order chi connectivity index (χ1) is 10.5. The highest BCUT2D eigenvalue weighted by Crippen LogP contribution is 2.22. The lowest BCUT2D eigenvalue weighted by molar-refractivity contribution is -0.0963. The van der Waals surface area contributed by atoms with Gasteiger partial charge in [0.25, 0.3) is 5.91 Å². The summed E-state index contributed by atoms with van der Waals surface area (Å²) in [5.74, 6) is 0.662. The zero-order valence-corrected chi connectivity index (χ0v) is 13.7. The first-order valence-electron chi connectivity index (χ1n) is 8.14. The highest BCUT2D eigenvalue weighted by molar-refractivity contribution is 5.92. The highest BCUT2D eigenvalue weighted by atomic mass is 16.5. The summed E-state index contributed by atoms with van der Waals surface area (Å²) in [6.45, 7) is 7.83. The van der Waals surface area contributed by atoms with Crippen LogP contribution >= 0.6 is 0 Å². The van der Waals surface area contributed by atoms with Crippen LogP contribution in [0.4, 0.5) is 0 Å². The number of aromatic nitrogens is 1. The van der Waals surface area contributed by atoms with Gasteiger partial charge in [0.1, 0.15) is 6.26 Å². The van der Waals surface area contributed by atoms with Gasteiger partial charge in [-0.2, -0.15) is 0 Å². The Kier molecular flexibility index (Phi) is 5.97. The topological polar surface area (TPSA) is 81.6 Å². The van der Waals surface area contributed by atoms with Crippen LogP contribution in [0.1, 0.15) is 56.4 Å². The van der Waals surface area contributed by atoms with Crippen LogP contribution in [0.5, 0.6) is 0 Å². The van der Waals surface area contributed by atoms with Gasteiger partial charge in [-0.15, -0.1) is 0 Å². The quantitative estimate of drug-likeness (QED) is 0.871. The fraction of sp³-hybridized carbons (Fsp3) is 0.750. The van der Waals surface area contributed by atoms with Crippen LogP contribution in [-0.2, 0) is 11.3 Å². The number of morpholine rings is 1. The Hall–Kier alpha value is -1.40. The second kappa shape index (κ2) is 7.74. The maximum absolute atomic E-state index is 12.6. The normalized spacial score (nSPS) is 22.3. The average Bonchev–Trinajstić information content (AvgIpc) is 3.00. The Bertz CT molecular complexity index is 487. The molecule has 0 saturated carbocycles. The summed E-state index contributed by atoms with van der Waals surface area (Å²) in [6, 6.07) is 0. The fourth-order valence-electron chi connectivity index (χ4n) is 2.66. The zero-order valence-electron chi connectivity index (χ0n) is 13.7. The summed E-state index contributed by atoms with van der Waals surface area (Å²) in [4.78, 5) is 18.6. The van der Waals surface area contributed by atoms with Crippen LogP contribution in [0.2, 0.25) is 0 Å². The van der Waals surface area contributed by atoms with E-state index in [2.05, 4.69) is 25.8 Å². The summed E-state index contributed by atoms with van der Waals surface area (Å²) in [5.41, 5.74) is 5.81. The number of nitrogens with zero attached hydrogens (tertiary/aromatic N) is 2. The monoisotopic (exact) mass is 309 g/mol. The molecule has 1 aromatic heterocycles. The van der Waals surface area contributed by atoms with Crippen LogP contribution in [0, 0.1) is 5.92 Å². The van der Waals surface area contributed by atoms with Gasteiger partial charge in [0.15, 0.2) is 5.69 Å². The number of amides is 1. The minimum Gasteiger partial charge on any atom is -0.447 e. The smallest absolute Gasteiger partial charge is 0.275 e. The van der Waals surface area contributed by atoms with E-state index < -0.39 is 0 Å². The molecule has 0 spiro atoms. The highest BCUT2D eigenvalue weighted by Gasteiger charge is 2.33. The Morgan fingerprint density at radius 1 is 1.50 bits per heavy atom. The maximum Gasteiger partial charge on any atom is 0.275 e. The van der Waals surface area contributed by atoms with Gasteiger partial charge in [0.05, 0.1) is 18.8 Å². The molecule has 6 nitrogen and oxygen atoms in total. The Morgan fingerprint density at radius 3 is 2.86 bits per heavy atom. The zero-order chi connectivity index (χ0) is 16.1. The number of ether oxygens (including phenoxy) is 1. The Labute approximate surface area is 132 Å². The van der Waals surface area contributed by atoms with Crippen molar-refractivity contribution < 1.29 is 13.9 Å². The third-order valence-electron chi connectivity index (χ3n) is 4.05. The number of unbranched alkanes of at least 4 members (excludes halogenated alkanes) is 1. The van der Waals surface area contributed by atoms with Crippen molar-refractivity contribution in [2.75, 3.05) is 13.1 Å². The molecule has 1 saturated heterocycles. The lowest BCUT2D eigenvalue weighted by atomic mass is 10.0. The van der Waals surface area contributed by atoms with E-state index in [0.29, 0.717) is 30.6 Å². The van der Waals surface area contributed by atoms with Crippen LogP contribution < -0.4 is 5.73 Å². The summed E-state index contributed by atoms with van der Waals surface area (Å²) < 4.78 is 11.3. The van der Waals surface area contributed by atoms with Gasteiger partial charge in [-0.25, -0.2) is 4.98 Å². The molecular weight excluding hydrogens is 282 g/mol. The molecule has 1 amide bonds. The van der Waals surface area contributed by atoms with Gasteiger partial charge in [0.2, 0.25) is 5.89 Å². The second-order valence-electron chi connectivity index (χ2n) is 6.22. The van der Waals surface area contributed by atoms with Crippen LogP contribution in [-0.4, -0.2) is 41.1 Å². The molecule has 0 radical (unpaired) electrons. The van der Waals surface area contributed by atoms with E-state index in [0.717, 1.165) is 19.3 Å². The van der Waals surface area contributed by atoms with Crippen molar-refractivity contribution in [2.24, 2.45) is 11.7 Å². The Balaban J connectivity index is 2.07. The molecule has 0 aliphatic carbocycles. The third-order valence-corrected chi connectivity index (χ3v) is 4.05. The molecule has 0 unspecified atom stereocenters. The van der Waals surface area contributed by atoms with E-state index in [1.54, 1.807) is 0 Å². The van der Waals surface area contributed by atoms with Crippen molar-refractivity contribution in [1.82, 2.24) is 9.88 Å². The molecule has 22 heavy (non-hydrogen) atoms. The molecule has 1 aliphatic heterocycles. The predicted octanol–water partition coefficient (Wildman–Crippen LogP) is 2.19. The van der Waals surface area contributed by atoms with Crippen molar-refractivity contribution in [3.63, 3.8) is 0 Å². The Morgan fingerprint density at radius 2 is 2.27 bits per heavy atom. The summed E-state index contributed by atoms with van der Waals surface area (Å²) in [7, 11) is 0. The molecule has 2 N–H and O–H groups in total. The molecule has 1 fully saturated rings. The van der Waals surface area contributed by atoms with E-state index in [4.69, 9.17) is 14.9 Å². The lowest BCUT2D eigenvalue weighted by Crippen LogP contribution is -2.51. The number of rotatable bonds is 6. The fourth-order valence-corrected chi connectivity index (χ4v) is 2.66. The largest absolute Gasteiger partial charge is 0.447 e. The molecule has 2 atom stereocenters. The predicted molar refractivity (Wildman–Crippen MR) is 83.3 cm³/mol. The minimum atomic E-state index is -0.0982. The molecule has 6 heteroatoms. The first-order valence-corrected chi connectivity index (χ1v) is 8.14. The second-order valence-corrected chi connectivity index (χ2v) is 6.22. The van der Waals surface area contributed by atoms with Gasteiger partial charge in [0, 0.05) is 13.1 Å². The van der Waals surface area contributed by atoms with Crippen molar-refractivity contribution in [3.8, 4) is 0 Å². The third kappa shape index (κ3) is 4.08. The van der Waals surface area contributed by atoms with Crippen LogP contribution in [0.15, 0.2) is 10.7 Å². The molecule has 0 bridgehead atoms. The van der Waals surface area contributed by atoms with E-state index in [1.165, 1.54) is 6.26 Å². The summed E-state index contributed by atoms with van der Waals surface area (Å²) in [6.07, 6.45) is 4.79. The van der Waals surface area contributed by atoms with E-state index in [1.807, 2.05) is 4.90 Å².